The predicted molar refractivity (Wildman–Crippen MR) is 66.3 cm³/mol. The molecule has 15 heavy (non-hydrogen) atoms. The topological polar surface area (TPSA) is 42.0 Å². The van der Waals surface area contributed by atoms with Crippen LogP contribution in [0.2, 0.25) is 0 Å². The monoisotopic (exact) mass is 290 g/mol. The summed E-state index contributed by atoms with van der Waals surface area (Å²) in [6.45, 7) is 6.55. The first kappa shape index (κ1) is 12.6. The molecule has 0 aliphatic carbocycles. The number of halogens is 1. The molecule has 0 aliphatic heterocycles. The molecule has 0 saturated heterocycles. The Morgan fingerprint density at radius 3 is 2.80 bits per heavy atom. The lowest BCUT2D eigenvalue weighted by atomic mass is 10.1. The molecule has 1 aromatic heterocycles. The molecule has 0 saturated carbocycles. The van der Waals surface area contributed by atoms with Crippen LogP contribution in [-0.2, 0) is 11.3 Å². The first-order valence-electron chi connectivity index (χ1n) is 4.83. The van der Waals surface area contributed by atoms with Crippen LogP contribution in [0.15, 0.2) is 5.51 Å². The molecule has 5 heteroatoms. The number of aryl methyl sites for hydroxylation is 1. The fourth-order valence-corrected chi connectivity index (χ4v) is 1.94. The zero-order valence-electron chi connectivity index (χ0n) is 9.08. The molecule has 1 N–H and O–H groups in total. The van der Waals surface area contributed by atoms with Crippen LogP contribution in [-0.4, -0.2) is 15.7 Å². The van der Waals surface area contributed by atoms with E-state index in [1.165, 1.54) is 0 Å². The summed E-state index contributed by atoms with van der Waals surface area (Å²) < 4.78 is 0. The van der Waals surface area contributed by atoms with E-state index in [4.69, 9.17) is 0 Å². The van der Waals surface area contributed by atoms with Gasteiger partial charge in [-0.1, -0.05) is 29.8 Å². The molecule has 0 bridgehead atoms. The van der Waals surface area contributed by atoms with Gasteiger partial charge >= 0.3 is 0 Å². The Morgan fingerprint density at radius 1 is 1.67 bits per heavy atom. The lowest BCUT2D eigenvalue weighted by Gasteiger charge is -2.13. The molecular weight excluding hydrogens is 276 g/mol. The van der Waals surface area contributed by atoms with E-state index in [0.717, 1.165) is 10.6 Å². The molecule has 1 aromatic rings. The van der Waals surface area contributed by atoms with Crippen molar-refractivity contribution in [3.8, 4) is 0 Å². The molecule has 0 spiro atoms. The van der Waals surface area contributed by atoms with Crippen molar-refractivity contribution in [3.63, 3.8) is 0 Å². The summed E-state index contributed by atoms with van der Waals surface area (Å²) in [6, 6.07) is 0. The molecule has 0 aliphatic rings. The highest BCUT2D eigenvalue weighted by Crippen LogP contribution is 2.14. The molecule has 1 atom stereocenters. The second-order valence-electron chi connectivity index (χ2n) is 3.72. The SMILES string of the molecule is Cc1ncsc1CNC(=O)C(Br)C(C)C. The third kappa shape index (κ3) is 3.57. The first-order valence-corrected chi connectivity index (χ1v) is 6.62. The van der Waals surface area contributed by atoms with Gasteiger partial charge in [0, 0.05) is 4.88 Å². The van der Waals surface area contributed by atoms with Crippen molar-refractivity contribution >= 4 is 33.2 Å². The number of alkyl halides is 1. The molecule has 1 amide bonds. The van der Waals surface area contributed by atoms with Crippen LogP contribution in [0, 0.1) is 12.8 Å². The summed E-state index contributed by atoms with van der Waals surface area (Å²) in [5.74, 6) is 0.338. The largest absolute Gasteiger partial charge is 0.350 e. The third-order valence-electron chi connectivity index (χ3n) is 2.10. The minimum Gasteiger partial charge on any atom is -0.350 e. The highest BCUT2D eigenvalue weighted by Gasteiger charge is 2.18. The maximum absolute atomic E-state index is 11.6. The lowest BCUT2D eigenvalue weighted by molar-refractivity contribution is -0.121. The quantitative estimate of drug-likeness (QED) is 0.866. The number of carbonyl (C=O) groups excluding carboxylic acids is 1. The van der Waals surface area contributed by atoms with Crippen molar-refractivity contribution in [1.29, 1.82) is 0 Å². The molecule has 1 heterocycles. The van der Waals surface area contributed by atoms with Gasteiger partial charge in [0.25, 0.3) is 0 Å². The average molecular weight is 291 g/mol. The van der Waals surface area contributed by atoms with E-state index in [1.807, 2.05) is 20.8 Å². The summed E-state index contributed by atoms with van der Waals surface area (Å²) >= 11 is 4.94. The minimum absolute atomic E-state index is 0.0396. The predicted octanol–water partition coefficient (Wildman–Crippen LogP) is 2.49. The van der Waals surface area contributed by atoms with Gasteiger partial charge in [-0.3, -0.25) is 4.79 Å². The molecule has 0 radical (unpaired) electrons. The number of thiazole rings is 1. The van der Waals surface area contributed by atoms with Crippen molar-refractivity contribution in [2.24, 2.45) is 5.92 Å². The normalized spacial score (nSPS) is 12.9. The van der Waals surface area contributed by atoms with Gasteiger partial charge in [-0.05, 0) is 12.8 Å². The molecule has 0 fully saturated rings. The van der Waals surface area contributed by atoms with Crippen molar-refractivity contribution < 1.29 is 4.79 Å². The second kappa shape index (κ2) is 5.61. The highest BCUT2D eigenvalue weighted by molar-refractivity contribution is 9.10. The van der Waals surface area contributed by atoms with Gasteiger partial charge in [0.1, 0.15) is 0 Å². The Bertz CT molecular complexity index is 338. The Hall–Kier alpha value is -0.420. The summed E-state index contributed by atoms with van der Waals surface area (Å²) in [6.07, 6.45) is 0. The van der Waals surface area contributed by atoms with Crippen LogP contribution in [0.1, 0.15) is 24.4 Å². The number of nitrogens with one attached hydrogen (secondary N) is 1. The van der Waals surface area contributed by atoms with Gasteiger partial charge in [0.15, 0.2) is 0 Å². The number of hydrogen-bond donors (Lipinski definition) is 1. The number of aromatic nitrogens is 1. The number of hydrogen-bond acceptors (Lipinski definition) is 3. The van der Waals surface area contributed by atoms with Gasteiger partial charge in [0.2, 0.25) is 5.91 Å². The molecule has 3 nitrogen and oxygen atoms in total. The zero-order valence-corrected chi connectivity index (χ0v) is 11.5. The molecular formula is C10H15BrN2OS. The maximum Gasteiger partial charge on any atom is 0.234 e. The Morgan fingerprint density at radius 2 is 2.33 bits per heavy atom. The Labute approximate surface area is 102 Å². The van der Waals surface area contributed by atoms with Crippen LogP contribution in [0.5, 0.6) is 0 Å². The van der Waals surface area contributed by atoms with Crippen molar-refractivity contribution in [1.82, 2.24) is 10.3 Å². The van der Waals surface area contributed by atoms with Gasteiger partial charge in [0.05, 0.1) is 22.6 Å². The minimum atomic E-state index is -0.120. The van der Waals surface area contributed by atoms with E-state index >= 15 is 0 Å². The van der Waals surface area contributed by atoms with Crippen molar-refractivity contribution in [3.05, 3.63) is 16.1 Å². The maximum atomic E-state index is 11.6. The summed E-state index contributed by atoms with van der Waals surface area (Å²) in [7, 11) is 0. The molecule has 0 aromatic carbocycles. The standard InChI is InChI=1S/C10H15BrN2OS/c1-6(2)9(11)10(14)12-4-8-7(3)13-5-15-8/h5-6,9H,4H2,1-3H3,(H,12,14). The average Bonchev–Trinajstić information content (AvgIpc) is 2.59. The summed E-state index contributed by atoms with van der Waals surface area (Å²) in [5.41, 5.74) is 2.79. The van der Waals surface area contributed by atoms with Gasteiger partial charge < -0.3 is 5.32 Å². The fraction of sp³-hybridized carbons (Fsp3) is 0.600. The molecule has 1 rings (SSSR count). The van der Waals surface area contributed by atoms with Gasteiger partial charge in [-0.2, -0.15) is 0 Å². The summed E-state index contributed by atoms with van der Waals surface area (Å²) in [4.78, 5) is 16.7. The van der Waals surface area contributed by atoms with E-state index in [-0.39, 0.29) is 10.7 Å². The fourth-order valence-electron chi connectivity index (χ4n) is 1.06. The van der Waals surface area contributed by atoms with E-state index in [2.05, 4.69) is 26.2 Å². The zero-order chi connectivity index (χ0) is 11.4. The third-order valence-corrected chi connectivity index (χ3v) is 4.51. The van der Waals surface area contributed by atoms with Crippen LogP contribution in [0.25, 0.3) is 0 Å². The number of nitrogens with zero attached hydrogens (tertiary/aromatic N) is 1. The number of rotatable bonds is 4. The van der Waals surface area contributed by atoms with Crippen LogP contribution in [0.3, 0.4) is 0 Å². The Kier molecular flexibility index (Phi) is 4.73. The molecule has 1 unspecified atom stereocenters. The van der Waals surface area contributed by atoms with E-state index in [1.54, 1.807) is 16.8 Å². The Balaban J connectivity index is 2.44. The van der Waals surface area contributed by atoms with Crippen LogP contribution >= 0.6 is 27.3 Å². The van der Waals surface area contributed by atoms with Gasteiger partial charge in [-0.15, -0.1) is 11.3 Å². The van der Waals surface area contributed by atoms with E-state index < -0.39 is 0 Å². The lowest BCUT2D eigenvalue weighted by Crippen LogP contribution is -2.33. The number of carbonyl (C=O) groups is 1. The highest BCUT2D eigenvalue weighted by atomic mass is 79.9. The van der Waals surface area contributed by atoms with Gasteiger partial charge in [-0.25, -0.2) is 4.98 Å². The second-order valence-corrected chi connectivity index (χ2v) is 5.65. The van der Waals surface area contributed by atoms with Crippen LogP contribution < -0.4 is 5.32 Å². The van der Waals surface area contributed by atoms with Crippen molar-refractivity contribution in [2.75, 3.05) is 0 Å². The van der Waals surface area contributed by atoms with E-state index in [9.17, 15) is 4.79 Å². The first-order chi connectivity index (χ1) is 7.02. The molecule has 84 valence electrons. The van der Waals surface area contributed by atoms with Crippen molar-refractivity contribution in [2.45, 2.75) is 32.1 Å². The van der Waals surface area contributed by atoms with Crippen LogP contribution in [0.4, 0.5) is 0 Å². The number of amides is 1. The summed E-state index contributed by atoms with van der Waals surface area (Å²) in [5, 5.41) is 2.89. The van der Waals surface area contributed by atoms with E-state index in [0.29, 0.717) is 12.5 Å². The smallest absolute Gasteiger partial charge is 0.234 e.